The average Bonchev–Trinajstić information content (AvgIpc) is 2.72. The van der Waals surface area contributed by atoms with Crippen LogP contribution in [0.15, 0.2) is 30.3 Å². The van der Waals surface area contributed by atoms with Crippen molar-refractivity contribution in [2.75, 3.05) is 19.0 Å². The first-order valence-electron chi connectivity index (χ1n) is 8.16. The molecular formula is C19H16F3NO6. The first-order chi connectivity index (χ1) is 13.8. The highest BCUT2D eigenvalue weighted by Gasteiger charge is 2.21. The minimum absolute atomic E-state index is 0.163. The molecule has 0 spiro atoms. The molecule has 0 unspecified atom stereocenters. The number of esters is 1. The van der Waals surface area contributed by atoms with Crippen molar-refractivity contribution >= 4 is 23.9 Å². The van der Waals surface area contributed by atoms with Gasteiger partial charge in [0.15, 0.2) is 41.7 Å². The van der Waals surface area contributed by atoms with Gasteiger partial charge in [-0.1, -0.05) is 0 Å². The third-order valence-corrected chi connectivity index (χ3v) is 3.64. The van der Waals surface area contributed by atoms with Gasteiger partial charge >= 0.3 is 5.97 Å². The SMILES string of the molecule is COc1cc(C=O)ccc1OCC(=O)O[C@H](C)C(=O)Nc1ccc(F)c(F)c1F. The molecule has 0 saturated carbocycles. The standard InChI is InChI=1S/C19H16F3NO6/c1-10(19(26)23-13-5-4-12(20)17(21)18(13)22)29-16(25)9-28-14-6-3-11(8-24)7-15(14)27-2/h3-8,10H,9H2,1-2H3,(H,23,26)/t10-/m1/s1. The Kier molecular flexibility index (Phi) is 7.18. The van der Waals surface area contributed by atoms with Crippen molar-refractivity contribution in [3.8, 4) is 11.5 Å². The number of aldehydes is 1. The summed E-state index contributed by atoms with van der Waals surface area (Å²) in [6, 6.07) is 5.74. The van der Waals surface area contributed by atoms with Crippen LogP contribution < -0.4 is 14.8 Å². The molecule has 0 aliphatic heterocycles. The number of hydrogen-bond acceptors (Lipinski definition) is 6. The highest BCUT2D eigenvalue weighted by atomic mass is 19.2. The molecule has 0 fully saturated rings. The molecule has 0 heterocycles. The zero-order valence-electron chi connectivity index (χ0n) is 15.3. The van der Waals surface area contributed by atoms with Crippen LogP contribution in [0.3, 0.4) is 0 Å². The number of methoxy groups -OCH3 is 1. The van der Waals surface area contributed by atoms with Crippen LogP contribution in [0.2, 0.25) is 0 Å². The highest BCUT2D eigenvalue weighted by molar-refractivity contribution is 5.95. The van der Waals surface area contributed by atoms with E-state index >= 15 is 0 Å². The Labute approximate surface area is 163 Å². The van der Waals surface area contributed by atoms with E-state index in [1.54, 1.807) is 0 Å². The smallest absolute Gasteiger partial charge is 0.344 e. The molecule has 0 bridgehead atoms. The van der Waals surface area contributed by atoms with Crippen LogP contribution in [0.1, 0.15) is 17.3 Å². The normalized spacial score (nSPS) is 11.3. The first kappa shape index (κ1) is 21.7. The summed E-state index contributed by atoms with van der Waals surface area (Å²) in [5.74, 6) is -6.25. The number of halogens is 3. The molecule has 154 valence electrons. The summed E-state index contributed by atoms with van der Waals surface area (Å²) in [6.07, 6.45) is -0.769. The molecule has 1 atom stereocenters. The number of rotatable bonds is 8. The average molecular weight is 411 g/mol. The fourth-order valence-electron chi connectivity index (χ4n) is 2.15. The monoisotopic (exact) mass is 411 g/mol. The molecule has 1 amide bonds. The third kappa shape index (κ3) is 5.47. The Morgan fingerprint density at radius 3 is 2.48 bits per heavy atom. The Morgan fingerprint density at radius 2 is 1.83 bits per heavy atom. The zero-order chi connectivity index (χ0) is 21.6. The van der Waals surface area contributed by atoms with Crippen LogP contribution in [-0.2, 0) is 14.3 Å². The van der Waals surface area contributed by atoms with Gasteiger partial charge in [0.25, 0.3) is 5.91 Å². The zero-order valence-corrected chi connectivity index (χ0v) is 15.3. The van der Waals surface area contributed by atoms with Crippen molar-refractivity contribution in [3.05, 3.63) is 53.3 Å². The maximum Gasteiger partial charge on any atom is 0.344 e. The lowest BCUT2D eigenvalue weighted by Gasteiger charge is -2.15. The van der Waals surface area contributed by atoms with Crippen LogP contribution in [0, 0.1) is 17.5 Å². The lowest BCUT2D eigenvalue weighted by Crippen LogP contribution is -2.32. The summed E-state index contributed by atoms with van der Waals surface area (Å²) in [6.45, 7) is 0.610. The van der Waals surface area contributed by atoms with E-state index in [2.05, 4.69) is 0 Å². The summed E-state index contributed by atoms with van der Waals surface area (Å²) in [5, 5.41) is 2.00. The fraction of sp³-hybridized carbons (Fsp3) is 0.211. The largest absolute Gasteiger partial charge is 0.493 e. The van der Waals surface area contributed by atoms with Crippen molar-refractivity contribution in [2.24, 2.45) is 0 Å². The van der Waals surface area contributed by atoms with Crippen LogP contribution in [0.5, 0.6) is 11.5 Å². The molecule has 0 radical (unpaired) electrons. The van der Waals surface area contributed by atoms with Gasteiger partial charge in [-0.25, -0.2) is 18.0 Å². The summed E-state index contributed by atoms with van der Waals surface area (Å²) in [7, 11) is 1.35. The molecule has 1 N–H and O–H groups in total. The Hall–Kier alpha value is -3.56. The number of carbonyl (C=O) groups is 3. The number of amides is 1. The van der Waals surface area contributed by atoms with E-state index in [4.69, 9.17) is 14.2 Å². The molecule has 0 saturated heterocycles. The predicted octanol–water partition coefficient (Wildman–Crippen LogP) is 2.87. The fourth-order valence-corrected chi connectivity index (χ4v) is 2.15. The van der Waals surface area contributed by atoms with E-state index in [0.717, 1.165) is 6.07 Å². The van der Waals surface area contributed by atoms with Gasteiger partial charge in [0.2, 0.25) is 0 Å². The van der Waals surface area contributed by atoms with E-state index < -0.39 is 47.7 Å². The van der Waals surface area contributed by atoms with Gasteiger partial charge < -0.3 is 19.5 Å². The molecular weight excluding hydrogens is 395 g/mol. The Morgan fingerprint density at radius 1 is 1.10 bits per heavy atom. The maximum atomic E-state index is 13.6. The second kappa shape index (κ2) is 9.58. The quantitative estimate of drug-likeness (QED) is 0.408. The van der Waals surface area contributed by atoms with Crippen molar-refractivity contribution in [1.82, 2.24) is 0 Å². The van der Waals surface area contributed by atoms with Crippen molar-refractivity contribution < 1.29 is 41.8 Å². The van der Waals surface area contributed by atoms with Crippen LogP contribution in [0.25, 0.3) is 0 Å². The van der Waals surface area contributed by atoms with Crippen molar-refractivity contribution in [3.63, 3.8) is 0 Å². The van der Waals surface area contributed by atoms with Crippen molar-refractivity contribution in [2.45, 2.75) is 13.0 Å². The molecule has 0 aliphatic carbocycles. The van der Waals surface area contributed by atoms with Gasteiger partial charge in [-0.3, -0.25) is 9.59 Å². The van der Waals surface area contributed by atoms with Gasteiger partial charge in [0.05, 0.1) is 12.8 Å². The number of benzene rings is 2. The molecule has 0 aliphatic rings. The molecule has 2 aromatic rings. The van der Waals surface area contributed by atoms with E-state index in [1.807, 2.05) is 5.32 Å². The number of hydrogen-bond donors (Lipinski definition) is 1. The van der Waals surface area contributed by atoms with Crippen LogP contribution in [0.4, 0.5) is 18.9 Å². The van der Waals surface area contributed by atoms with Crippen LogP contribution >= 0.6 is 0 Å². The third-order valence-electron chi connectivity index (χ3n) is 3.64. The second-order valence-corrected chi connectivity index (χ2v) is 5.66. The highest BCUT2D eigenvalue weighted by Crippen LogP contribution is 2.27. The summed E-state index contributed by atoms with van der Waals surface area (Å²) >= 11 is 0. The van der Waals surface area contributed by atoms with E-state index in [1.165, 1.54) is 32.2 Å². The molecule has 29 heavy (non-hydrogen) atoms. The summed E-state index contributed by atoms with van der Waals surface area (Å²) in [4.78, 5) is 34.6. The number of anilines is 1. The molecule has 0 aromatic heterocycles. The molecule has 2 rings (SSSR count). The van der Waals surface area contributed by atoms with E-state index in [9.17, 15) is 27.6 Å². The maximum absolute atomic E-state index is 13.6. The molecule has 7 nitrogen and oxygen atoms in total. The first-order valence-corrected chi connectivity index (χ1v) is 8.16. The van der Waals surface area contributed by atoms with Gasteiger partial charge in [0, 0.05) is 5.56 Å². The second-order valence-electron chi connectivity index (χ2n) is 5.66. The molecule has 2 aromatic carbocycles. The number of nitrogens with one attached hydrogen (secondary N) is 1. The minimum atomic E-state index is -1.74. The van der Waals surface area contributed by atoms with Gasteiger partial charge in [-0.15, -0.1) is 0 Å². The Balaban J connectivity index is 1.93. The minimum Gasteiger partial charge on any atom is -0.493 e. The predicted molar refractivity (Wildman–Crippen MR) is 94.4 cm³/mol. The number of ether oxygens (including phenoxy) is 3. The summed E-state index contributed by atoms with van der Waals surface area (Å²) < 4.78 is 54.8. The van der Waals surface area contributed by atoms with Gasteiger partial charge in [-0.05, 0) is 37.3 Å². The number of carbonyl (C=O) groups excluding carboxylic acids is 3. The Bertz CT molecular complexity index is 934. The topological polar surface area (TPSA) is 90.9 Å². The summed E-state index contributed by atoms with van der Waals surface area (Å²) in [5.41, 5.74) is -0.264. The van der Waals surface area contributed by atoms with Crippen molar-refractivity contribution in [1.29, 1.82) is 0 Å². The van der Waals surface area contributed by atoms with Gasteiger partial charge in [-0.2, -0.15) is 0 Å². The molecule has 10 heteroatoms. The lowest BCUT2D eigenvalue weighted by molar-refractivity contribution is -0.155. The van der Waals surface area contributed by atoms with E-state index in [-0.39, 0.29) is 11.5 Å². The lowest BCUT2D eigenvalue weighted by atomic mass is 10.2. The van der Waals surface area contributed by atoms with Gasteiger partial charge in [0.1, 0.15) is 6.29 Å². The van der Waals surface area contributed by atoms with E-state index in [0.29, 0.717) is 17.9 Å². The van der Waals surface area contributed by atoms with Crippen LogP contribution in [-0.4, -0.2) is 38.0 Å².